The third-order valence-electron chi connectivity index (χ3n) is 2.93. The molecule has 0 spiro atoms. The van der Waals surface area contributed by atoms with Gasteiger partial charge in [-0.25, -0.2) is 17.5 Å². The minimum absolute atomic E-state index is 0.206. The number of carbonyl (C=O) groups excluding carboxylic acids is 1. The number of nitro groups is 1. The van der Waals surface area contributed by atoms with Crippen LogP contribution in [0.1, 0.15) is 0 Å². The molecule has 11 heteroatoms. The molecular formula is C14H11BrFN3O5S. The summed E-state index contributed by atoms with van der Waals surface area (Å²) in [5, 5.41) is 13.2. The van der Waals surface area contributed by atoms with Gasteiger partial charge in [-0.05, 0) is 30.3 Å². The second-order valence-electron chi connectivity index (χ2n) is 4.78. The monoisotopic (exact) mass is 431 g/mol. The topological polar surface area (TPSA) is 118 Å². The van der Waals surface area contributed by atoms with Gasteiger partial charge in [0.05, 0.1) is 16.4 Å². The lowest BCUT2D eigenvalue weighted by molar-refractivity contribution is -0.385. The average molecular weight is 432 g/mol. The third-order valence-corrected chi connectivity index (χ3v) is 4.77. The Morgan fingerprint density at radius 1 is 1.20 bits per heavy atom. The molecule has 2 aromatic carbocycles. The van der Waals surface area contributed by atoms with E-state index in [0.717, 1.165) is 24.3 Å². The van der Waals surface area contributed by atoms with Gasteiger partial charge in [0.25, 0.3) is 5.69 Å². The summed E-state index contributed by atoms with van der Waals surface area (Å²) in [5.41, 5.74) is -0.116. The molecule has 0 unspecified atom stereocenters. The lowest BCUT2D eigenvalue weighted by Gasteiger charge is -2.08. The van der Waals surface area contributed by atoms with Gasteiger partial charge in [0.15, 0.2) is 0 Å². The van der Waals surface area contributed by atoms with Gasteiger partial charge in [-0.2, -0.15) is 0 Å². The summed E-state index contributed by atoms with van der Waals surface area (Å²) in [4.78, 5) is 21.5. The average Bonchev–Trinajstić information content (AvgIpc) is 2.54. The van der Waals surface area contributed by atoms with E-state index in [0.29, 0.717) is 5.69 Å². The second-order valence-corrected chi connectivity index (χ2v) is 7.46. The number of hydrogen-bond donors (Lipinski definition) is 2. The van der Waals surface area contributed by atoms with E-state index >= 15 is 0 Å². The van der Waals surface area contributed by atoms with Crippen molar-refractivity contribution in [2.45, 2.75) is 4.90 Å². The van der Waals surface area contributed by atoms with Crippen molar-refractivity contribution in [2.75, 3.05) is 11.9 Å². The quantitative estimate of drug-likeness (QED) is 0.537. The van der Waals surface area contributed by atoms with Crippen LogP contribution in [0.25, 0.3) is 0 Å². The molecule has 0 bridgehead atoms. The number of nitrogens with one attached hydrogen (secondary N) is 2. The normalized spacial score (nSPS) is 11.1. The van der Waals surface area contributed by atoms with E-state index in [2.05, 4.69) is 21.2 Å². The van der Waals surface area contributed by atoms with E-state index in [-0.39, 0.29) is 9.37 Å². The maximum absolute atomic E-state index is 12.8. The lowest BCUT2D eigenvalue weighted by atomic mass is 10.3. The Balaban J connectivity index is 2.07. The molecule has 1 amide bonds. The summed E-state index contributed by atoms with van der Waals surface area (Å²) < 4.78 is 39.4. The molecule has 0 fully saturated rings. The molecule has 0 radical (unpaired) electrons. The number of rotatable bonds is 6. The minimum Gasteiger partial charge on any atom is -0.325 e. The van der Waals surface area contributed by atoms with Crippen LogP contribution in [0.3, 0.4) is 0 Å². The van der Waals surface area contributed by atoms with Crippen molar-refractivity contribution in [3.8, 4) is 0 Å². The van der Waals surface area contributed by atoms with Crippen molar-refractivity contribution in [3.05, 3.63) is 62.9 Å². The SMILES string of the molecule is O=C(CNS(=O)(=O)c1cc(Br)cc([N+](=O)[O-])c1)Nc1ccc(F)cc1. The molecule has 0 saturated carbocycles. The maximum atomic E-state index is 12.8. The number of carbonyl (C=O) groups is 1. The molecule has 2 N–H and O–H groups in total. The number of sulfonamides is 1. The standard InChI is InChI=1S/C14H11BrFN3O5S/c15-9-5-12(19(21)22)7-13(6-9)25(23,24)17-8-14(20)18-11-3-1-10(16)2-4-11/h1-7,17H,8H2,(H,18,20). The zero-order valence-electron chi connectivity index (χ0n) is 12.4. The highest BCUT2D eigenvalue weighted by atomic mass is 79.9. The fourth-order valence-electron chi connectivity index (χ4n) is 1.79. The van der Waals surface area contributed by atoms with Gasteiger partial charge in [0.1, 0.15) is 5.82 Å². The zero-order chi connectivity index (χ0) is 18.6. The number of nitrogens with zero attached hydrogens (tertiary/aromatic N) is 1. The molecule has 132 valence electrons. The Kier molecular flexibility index (Phi) is 5.82. The summed E-state index contributed by atoms with van der Waals surface area (Å²) in [6.07, 6.45) is 0. The van der Waals surface area contributed by atoms with Gasteiger partial charge in [0, 0.05) is 22.3 Å². The van der Waals surface area contributed by atoms with Crippen LogP contribution in [0.2, 0.25) is 0 Å². The molecule has 0 aromatic heterocycles. The zero-order valence-corrected chi connectivity index (χ0v) is 14.8. The lowest BCUT2D eigenvalue weighted by Crippen LogP contribution is -2.32. The summed E-state index contributed by atoms with van der Waals surface area (Å²) >= 11 is 3.00. The third kappa shape index (κ3) is 5.31. The smallest absolute Gasteiger partial charge is 0.271 e. The predicted molar refractivity (Wildman–Crippen MR) is 91.0 cm³/mol. The van der Waals surface area contributed by atoms with Gasteiger partial charge >= 0.3 is 0 Å². The molecule has 2 aromatic rings. The predicted octanol–water partition coefficient (Wildman–Crippen LogP) is 2.41. The largest absolute Gasteiger partial charge is 0.325 e. The first-order valence-corrected chi connectivity index (χ1v) is 8.95. The minimum atomic E-state index is -4.14. The van der Waals surface area contributed by atoms with Crippen LogP contribution in [-0.2, 0) is 14.8 Å². The van der Waals surface area contributed by atoms with Gasteiger partial charge in [-0.1, -0.05) is 15.9 Å². The van der Waals surface area contributed by atoms with Crippen molar-refractivity contribution < 1.29 is 22.5 Å². The van der Waals surface area contributed by atoms with Crippen LogP contribution in [0.15, 0.2) is 51.8 Å². The van der Waals surface area contributed by atoms with E-state index in [1.54, 1.807) is 0 Å². The number of hydrogen-bond acceptors (Lipinski definition) is 5. The van der Waals surface area contributed by atoms with Crippen LogP contribution in [-0.4, -0.2) is 25.8 Å². The second kappa shape index (κ2) is 7.68. The van der Waals surface area contributed by atoms with Crippen molar-refractivity contribution in [1.82, 2.24) is 4.72 Å². The maximum Gasteiger partial charge on any atom is 0.271 e. The van der Waals surface area contributed by atoms with E-state index in [1.807, 2.05) is 4.72 Å². The Morgan fingerprint density at radius 2 is 1.84 bits per heavy atom. The van der Waals surface area contributed by atoms with E-state index in [4.69, 9.17) is 0 Å². The van der Waals surface area contributed by atoms with Gasteiger partial charge in [0.2, 0.25) is 15.9 Å². The van der Waals surface area contributed by atoms with Crippen LogP contribution < -0.4 is 10.0 Å². The van der Waals surface area contributed by atoms with Gasteiger partial charge in [-0.15, -0.1) is 0 Å². The number of anilines is 1. The van der Waals surface area contributed by atoms with Crippen LogP contribution in [0.5, 0.6) is 0 Å². The van der Waals surface area contributed by atoms with Crippen molar-refractivity contribution in [2.24, 2.45) is 0 Å². The van der Waals surface area contributed by atoms with Gasteiger partial charge < -0.3 is 5.32 Å². The highest BCUT2D eigenvalue weighted by Crippen LogP contribution is 2.24. The van der Waals surface area contributed by atoms with Gasteiger partial charge in [-0.3, -0.25) is 14.9 Å². The van der Waals surface area contributed by atoms with E-state index < -0.39 is 38.9 Å². The molecule has 0 atom stereocenters. The molecule has 8 nitrogen and oxygen atoms in total. The first-order valence-electron chi connectivity index (χ1n) is 6.67. The number of amides is 1. The van der Waals surface area contributed by atoms with Crippen LogP contribution in [0.4, 0.5) is 15.8 Å². The van der Waals surface area contributed by atoms with Crippen molar-refractivity contribution in [1.29, 1.82) is 0 Å². The summed E-state index contributed by atoms with van der Waals surface area (Å²) in [5.74, 6) is -1.16. The molecular weight excluding hydrogens is 421 g/mol. The number of non-ortho nitro benzene ring substituents is 1. The molecule has 0 aliphatic carbocycles. The molecule has 0 aliphatic heterocycles. The first kappa shape index (κ1) is 19.0. The fraction of sp³-hybridized carbons (Fsp3) is 0.0714. The first-order chi connectivity index (χ1) is 11.7. The Bertz CT molecular complexity index is 919. The molecule has 25 heavy (non-hydrogen) atoms. The summed E-state index contributed by atoms with van der Waals surface area (Å²) in [6, 6.07) is 8.12. The highest BCUT2D eigenvalue weighted by Gasteiger charge is 2.20. The summed E-state index contributed by atoms with van der Waals surface area (Å²) in [7, 11) is -4.14. The Hall–Kier alpha value is -2.37. The van der Waals surface area contributed by atoms with E-state index in [1.165, 1.54) is 18.2 Å². The molecule has 0 aliphatic rings. The number of halogens is 2. The van der Waals surface area contributed by atoms with Crippen molar-refractivity contribution >= 4 is 43.2 Å². The Morgan fingerprint density at radius 3 is 2.44 bits per heavy atom. The number of nitro benzene ring substituents is 1. The number of benzene rings is 2. The van der Waals surface area contributed by atoms with Crippen LogP contribution >= 0.6 is 15.9 Å². The summed E-state index contributed by atoms with van der Waals surface area (Å²) in [6.45, 7) is -0.597. The van der Waals surface area contributed by atoms with Crippen molar-refractivity contribution in [3.63, 3.8) is 0 Å². The molecule has 2 rings (SSSR count). The highest BCUT2D eigenvalue weighted by molar-refractivity contribution is 9.10. The molecule has 0 heterocycles. The van der Waals surface area contributed by atoms with Crippen LogP contribution in [0, 0.1) is 15.9 Å². The molecule has 0 saturated heterocycles. The van der Waals surface area contributed by atoms with E-state index in [9.17, 15) is 27.7 Å². The Labute approximate surface area is 150 Å². The fourth-order valence-corrected chi connectivity index (χ4v) is 3.47.